The summed E-state index contributed by atoms with van der Waals surface area (Å²) in [5.41, 5.74) is 3.78. The highest BCUT2D eigenvalue weighted by Crippen LogP contribution is 2.27. The first kappa shape index (κ1) is 14.7. The maximum absolute atomic E-state index is 6.11. The Bertz CT molecular complexity index is 828. The fourth-order valence-electron chi connectivity index (χ4n) is 2.61. The van der Waals surface area contributed by atoms with E-state index in [0.717, 1.165) is 33.7 Å². The van der Waals surface area contributed by atoms with Gasteiger partial charge in [0.2, 0.25) is 5.88 Å². The summed E-state index contributed by atoms with van der Waals surface area (Å²) in [5, 5.41) is 9.31. The molecule has 5 nitrogen and oxygen atoms in total. The Morgan fingerprint density at radius 3 is 2.86 bits per heavy atom. The van der Waals surface area contributed by atoms with Crippen LogP contribution in [0.4, 0.5) is 5.69 Å². The first-order valence-electron chi connectivity index (χ1n) is 6.95. The molecule has 0 atom stereocenters. The van der Waals surface area contributed by atoms with Crippen LogP contribution in [0.2, 0.25) is 5.15 Å². The Balaban J connectivity index is 1.95. The molecule has 1 aromatic carbocycles. The van der Waals surface area contributed by atoms with Gasteiger partial charge in [0.25, 0.3) is 0 Å². The number of hydrogen-bond donors (Lipinski definition) is 1. The molecular weight excluding hydrogens is 300 g/mol. The summed E-state index contributed by atoms with van der Waals surface area (Å²) >= 11 is 6.11. The molecule has 0 saturated carbocycles. The minimum Gasteiger partial charge on any atom is -0.481 e. The van der Waals surface area contributed by atoms with Crippen molar-refractivity contribution in [1.29, 1.82) is 0 Å². The Morgan fingerprint density at radius 1 is 1.32 bits per heavy atom. The Hall–Kier alpha value is -2.27. The van der Waals surface area contributed by atoms with E-state index in [2.05, 4.69) is 15.4 Å². The van der Waals surface area contributed by atoms with Gasteiger partial charge in [0.15, 0.2) is 0 Å². The summed E-state index contributed by atoms with van der Waals surface area (Å²) in [6.45, 7) is 2.57. The lowest BCUT2D eigenvalue weighted by molar-refractivity contribution is 0.370. The Kier molecular flexibility index (Phi) is 3.90. The number of nitrogens with zero attached hydrogens (tertiary/aromatic N) is 3. The molecule has 0 unspecified atom stereocenters. The van der Waals surface area contributed by atoms with Crippen molar-refractivity contribution in [1.82, 2.24) is 14.8 Å². The molecule has 0 aliphatic carbocycles. The second kappa shape index (κ2) is 5.85. The minimum absolute atomic E-state index is 0.469. The summed E-state index contributed by atoms with van der Waals surface area (Å²) in [7, 11) is 3.52. The molecular formula is C16H17ClN4O. The van der Waals surface area contributed by atoms with Gasteiger partial charge in [-0.05, 0) is 19.1 Å². The van der Waals surface area contributed by atoms with Crippen molar-refractivity contribution in [2.24, 2.45) is 7.05 Å². The van der Waals surface area contributed by atoms with Crippen LogP contribution in [0.3, 0.4) is 0 Å². The zero-order valence-corrected chi connectivity index (χ0v) is 13.5. The largest absolute Gasteiger partial charge is 0.481 e. The lowest BCUT2D eigenvalue weighted by Crippen LogP contribution is -2.03. The molecule has 0 aliphatic heterocycles. The SMILES string of the molecule is COc1c(CNc2cc(Cl)nc3ccccc23)c(C)nn1C. The Labute approximate surface area is 133 Å². The van der Waals surface area contributed by atoms with E-state index in [9.17, 15) is 0 Å². The van der Waals surface area contributed by atoms with Crippen LogP contribution >= 0.6 is 11.6 Å². The van der Waals surface area contributed by atoms with Crippen LogP contribution in [-0.4, -0.2) is 21.9 Å². The van der Waals surface area contributed by atoms with Crippen LogP contribution in [0.5, 0.6) is 5.88 Å². The number of benzene rings is 1. The minimum atomic E-state index is 0.469. The second-order valence-electron chi connectivity index (χ2n) is 5.06. The van der Waals surface area contributed by atoms with Crippen LogP contribution in [-0.2, 0) is 13.6 Å². The normalized spacial score (nSPS) is 10.9. The smallest absolute Gasteiger partial charge is 0.216 e. The fourth-order valence-corrected chi connectivity index (χ4v) is 2.81. The van der Waals surface area contributed by atoms with Crippen LogP contribution < -0.4 is 10.1 Å². The van der Waals surface area contributed by atoms with E-state index in [1.54, 1.807) is 11.8 Å². The highest BCUT2D eigenvalue weighted by atomic mass is 35.5. The first-order valence-corrected chi connectivity index (χ1v) is 7.33. The average Bonchev–Trinajstić information content (AvgIpc) is 2.77. The third-order valence-corrected chi connectivity index (χ3v) is 3.82. The quantitative estimate of drug-likeness (QED) is 0.748. The maximum atomic E-state index is 6.11. The molecule has 0 amide bonds. The monoisotopic (exact) mass is 316 g/mol. The predicted molar refractivity (Wildman–Crippen MR) is 88.6 cm³/mol. The van der Waals surface area contributed by atoms with Crippen LogP contribution in [0.15, 0.2) is 30.3 Å². The highest BCUT2D eigenvalue weighted by molar-refractivity contribution is 6.30. The number of rotatable bonds is 4. The zero-order chi connectivity index (χ0) is 15.7. The third kappa shape index (κ3) is 2.60. The van der Waals surface area contributed by atoms with Gasteiger partial charge in [0, 0.05) is 24.7 Å². The van der Waals surface area contributed by atoms with Crippen LogP contribution in [0.1, 0.15) is 11.3 Å². The summed E-state index contributed by atoms with van der Waals surface area (Å²) in [6, 6.07) is 9.74. The third-order valence-electron chi connectivity index (χ3n) is 3.62. The molecule has 0 saturated heterocycles. The van der Waals surface area contributed by atoms with E-state index < -0.39 is 0 Å². The number of aromatic nitrogens is 3. The van der Waals surface area contributed by atoms with E-state index in [0.29, 0.717) is 11.7 Å². The van der Waals surface area contributed by atoms with Gasteiger partial charge in [0.05, 0.1) is 23.9 Å². The van der Waals surface area contributed by atoms with Crippen molar-refractivity contribution >= 4 is 28.2 Å². The number of para-hydroxylation sites is 1. The molecule has 2 heterocycles. The number of methoxy groups -OCH3 is 1. The van der Waals surface area contributed by atoms with Crippen LogP contribution in [0, 0.1) is 6.92 Å². The number of halogens is 1. The van der Waals surface area contributed by atoms with Gasteiger partial charge >= 0.3 is 0 Å². The molecule has 1 N–H and O–H groups in total. The van der Waals surface area contributed by atoms with Crippen molar-refractivity contribution < 1.29 is 4.74 Å². The van der Waals surface area contributed by atoms with Crippen molar-refractivity contribution in [3.05, 3.63) is 46.7 Å². The number of anilines is 1. The lowest BCUT2D eigenvalue weighted by atomic mass is 10.1. The van der Waals surface area contributed by atoms with Crippen molar-refractivity contribution in [3.8, 4) is 5.88 Å². The molecule has 3 aromatic rings. The number of fused-ring (bicyclic) bond motifs is 1. The molecule has 6 heteroatoms. The summed E-state index contributed by atoms with van der Waals surface area (Å²) in [5.74, 6) is 0.759. The Morgan fingerprint density at radius 2 is 2.09 bits per heavy atom. The van der Waals surface area contributed by atoms with Gasteiger partial charge in [-0.1, -0.05) is 29.8 Å². The van der Waals surface area contributed by atoms with Gasteiger partial charge in [0.1, 0.15) is 5.15 Å². The number of ether oxygens (including phenoxy) is 1. The average molecular weight is 317 g/mol. The molecule has 22 heavy (non-hydrogen) atoms. The molecule has 3 rings (SSSR count). The molecule has 2 aromatic heterocycles. The number of hydrogen-bond acceptors (Lipinski definition) is 4. The first-order chi connectivity index (χ1) is 10.6. The van der Waals surface area contributed by atoms with E-state index in [4.69, 9.17) is 16.3 Å². The van der Waals surface area contributed by atoms with Crippen LogP contribution in [0.25, 0.3) is 10.9 Å². The van der Waals surface area contributed by atoms with Crippen molar-refractivity contribution in [3.63, 3.8) is 0 Å². The van der Waals surface area contributed by atoms with Crippen molar-refractivity contribution in [2.75, 3.05) is 12.4 Å². The van der Waals surface area contributed by atoms with E-state index in [1.807, 2.05) is 44.3 Å². The molecule has 0 aliphatic rings. The summed E-state index contributed by atoms with van der Waals surface area (Å²) in [6.07, 6.45) is 0. The highest BCUT2D eigenvalue weighted by Gasteiger charge is 2.14. The molecule has 0 fully saturated rings. The van der Waals surface area contributed by atoms with Gasteiger partial charge in [-0.2, -0.15) is 5.10 Å². The van der Waals surface area contributed by atoms with E-state index in [-0.39, 0.29) is 0 Å². The van der Waals surface area contributed by atoms with E-state index >= 15 is 0 Å². The molecule has 0 spiro atoms. The topological polar surface area (TPSA) is 52.0 Å². The number of nitrogens with one attached hydrogen (secondary N) is 1. The summed E-state index contributed by atoms with van der Waals surface area (Å²) < 4.78 is 7.16. The second-order valence-corrected chi connectivity index (χ2v) is 5.45. The lowest BCUT2D eigenvalue weighted by Gasteiger charge is -2.11. The molecule has 0 radical (unpaired) electrons. The van der Waals surface area contributed by atoms with Gasteiger partial charge in [-0.3, -0.25) is 0 Å². The number of pyridine rings is 1. The van der Waals surface area contributed by atoms with Gasteiger partial charge in [-0.15, -0.1) is 0 Å². The van der Waals surface area contributed by atoms with Gasteiger partial charge < -0.3 is 10.1 Å². The van der Waals surface area contributed by atoms with E-state index in [1.165, 1.54) is 0 Å². The fraction of sp³-hybridized carbons (Fsp3) is 0.250. The van der Waals surface area contributed by atoms with Crippen molar-refractivity contribution in [2.45, 2.75) is 13.5 Å². The molecule has 114 valence electrons. The summed E-state index contributed by atoms with van der Waals surface area (Å²) in [4.78, 5) is 4.33. The maximum Gasteiger partial charge on any atom is 0.216 e. The zero-order valence-electron chi connectivity index (χ0n) is 12.7. The standard InChI is InChI=1S/C16H17ClN4O/c1-10-12(16(22-3)21(2)20-10)9-18-14-8-15(17)19-13-7-5-4-6-11(13)14/h4-8H,9H2,1-3H3,(H,18,19). The molecule has 0 bridgehead atoms. The predicted octanol–water partition coefficient (Wildman–Crippen LogP) is 3.55. The number of aryl methyl sites for hydroxylation is 2. The van der Waals surface area contributed by atoms with Gasteiger partial charge in [-0.25, -0.2) is 9.67 Å².